The molecule has 2 unspecified atom stereocenters. The van der Waals surface area contributed by atoms with Gasteiger partial charge >= 0.3 is 0 Å². The van der Waals surface area contributed by atoms with E-state index in [0.29, 0.717) is 0 Å². The van der Waals surface area contributed by atoms with Gasteiger partial charge in [-0.05, 0) is 39.2 Å². The fourth-order valence-corrected chi connectivity index (χ4v) is 3.26. The Hall–Kier alpha value is -0.120. The van der Waals surface area contributed by atoms with Crippen molar-refractivity contribution in [2.75, 3.05) is 32.7 Å². The van der Waals surface area contributed by atoms with E-state index >= 15 is 0 Å². The molecule has 3 rings (SSSR count). The van der Waals surface area contributed by atoms with Crippen LogP contribution >= 0.6 is 0 Å². The third-order valence-corrected chi connectivity index (χ3v) is 4.48. The summed E-state index contributed by atoms with van der Waals surface area (Å²) in [6.07, 6.45) is 5.67. The zero-order valence-electron chi connectivity index (χ0n) is 10.5. The van der Waals surface area contributed by atoms with Crippen molar-refractivity contribution in [2.45, 2.75) is 50.7 Å². The lowest BCUT2D eigenvalue weighted by Gasteiger charge is -2.42. The van der Waals surface area contributed by atoms with Crippen LogP contribution in [-0.4, -0.2) is 60.6 Å². The highest BCUT2D eigenvalue weighted by Gasteiger charge is 2.34. The van der Waals surface area contributed by atoms with E-state index < -0.39 is 0 Å². The number of piperazine rings is 1. The van der Waals surface area contributed by atoms with E-state index in [4.69, 9.17) is 0 Å². The van der Waals surface area contributed by atoms with E-state index in [1.807, 2.05) is 0 Å². The molecular weight excluding hydrogens is 198 g/mol. The predicted octanol–water partition coefficient (Wildman–Crippen LogP) is 0.907. The van der Waals surface area contributed by atoms with Crippen LogP contribution in [0.2, 0.25) is 0 Å². The molecular formula is C13H25N3. The van der Waals surface area contributed by atoms with Gasteiger partial charge in [0.2, 0.25) is 0 Å². The first-order valence-electron chi connectivity index (χ1n) is 7.04. The van der Waals surface area contributed by atoms with E-state index in [1.165, 1.54) is 58.4 Å². The summed E-state index contributed by atoms with van der Waals surface area (Å²) in [6, 6.07) is 2.50. The van der Waals surface area contributed by atoms with Gasteiger partial charge in [0.1, 0.15) is 0 Å². The average Bonchev–Trinajstić information content (AvgIpc) is 2.98. The molecule has 2 saturated heterocycles. The van der Waals surface area contributed by atoms with Crippen molar-refractivity contribution in [3.63, 3.8) is 0 Å². The van der Waals surface area contributed by atoms with Gasteiger partial charge in [-0.15, -0.1) is 0 Å². The maximum atomic E-state index is 3.63. The van der Waals surface area contributed by atoms with Crippen molar-refractivity contribution in [1.82, 2.24) is 15.1 Å². The predicted molar refractivity (Wildman–Crippen MR) is 66.7 cm³/mol. The van der Waals surface area contributed by atoms with Crippen LogP contribution in [0.3, 0.4) is 0 Å². The lowest BCUT2D eigenvalue weighted by Crippen LogP contribution is -2.56. The minimum Gasteiger partial charge on any atom is -0.313 e. The summed E-state index contributed by atoms with van der Waals surface area (Å²) in [7, 11) is 0. The van der Waals surface area contributed by atoms with Crippen LogP contribution < -0.4 is 5.32 Å². The van der Waals surface area contributed by atoms with Crippen LogP contribution in [0.25, 0.3) is 0 Å². The van der Waals surface area contributed by atoms with Gasteiger partial charge in [0.15, 0.2) is 0 Å². The summed E-state index contributed by atoms with van der Waals surface area (Å²) in [5, 5.41) is 3.63. The lowest BCUT2D eigenvalue weighted by molar-refractivity contribution is 0.0603. The molecule has 0 bridgehead atoms. The molecule has 0 amide bonds. The Morgan fingerprint density at radius 1 is 1.19 bits per heavy atom. The largest absolute Gasteiger partial charge is 0.313 e. The van der Waals surface area contributed by atoms with Crippen molar-refractivity contribution in [1.29, 1.82) is 0 Å². The standard InChI is InChI=1S/C13H25N3/c1-11-9-16-7-2-3-13(16)10-15(11)8-6-14-12-4-5-12/h11-14H,2-10H2,1H3. The Labute approximate surface area is 99.2 Å². The van der Waals surface area contributed by atoms with Crippen LogP contribution in [0.15, 0.2) is 0 Å². The summed E-state index contributed by atoms with van der Waals surface area (Å²) in [5.74, 6) is 0. The molecule has 3 nitrogen and oxygen atoms in total. The minimum absolute atomic E-state index is 0.760. The van der Waals surface area contributed by atoms with Crippen molar-refractivity contribution < 1.29 is 0 Å². The summed E-state index contributed by atoms with van der Waals surface area (Å²) < 4.78 is 0. The summed E-state index contributed by atoms with van der Waals surface area (Å²) >= 11 is 0. The first-order valence-corrected chi connectivity index (χ1v) is 7.04. The normalized spacial score (nSPS) is 36.6. The average molecular weight is 223 g/mol. The second-order valence-electron chi connectivity index (χ2n) is 5.86. The van der Waals surface area contributed by atoms with Crippen LogP contribution in [0.4, 0.5) is 0 Å². The molecule has 0 aromatic heterocycles. The van der Waals surface area contributed by atoms with Gasteiger partial charge in [-0.25, -0.2) is 0 Å². The summed E-state index contributed by atoms with van der Waals surface area (Å²) in [6.45, 7) is 8.81. The molecule has 2 atom stereocenters. The third kappa shape index (κ3) is 2.41. The number of hydrogen-bond donors (Lipinski definition) is 1. The Morgan fingerprint density at radius 2 is 2.06 bits per heavy atom. The minimum atomic E-state index is 0.760. The monoisotopic (exact) mass is 223 g/mol. The molecule has 92 valence electrons. The highest BCUT2D eigenvalue weighted by Crippen LogP contribution is 2.24. The fraction of sp³-hybridized carbons (Fsp3) is 1.00. The zero-order chi connectivity index (χ0) is 11.0. The molecule has 1 aliphatic carbocycles. The molecule has 0 aromatic carbocycles. The Balaban J connectivity index is 1.45. The van der Waals surface area contributed by atoms with E-state index in [1.54, 1.807) is 0 Å². The van der Waals surface area contributed by atoms with Gasteiger partial charge in [0.05, 0.1) is 0 Å². The molecule has 0 radical (unpaired) electrons. The molecule has 0 aromatic rings. The summed E-state index contributed by atoms with van der Waals surface area (Å²) in [5.41, 5.74) is 0. The third-order valence-electron chi connectivity index (χ3n) is 4.48. The molecule has 3 heteroatoms. The van der Waals surface area contributed by atoms with Crippen molar-refractivity contribution in [3.8, 4) is 0 Å². The highest BCUT2D eigenvalue weighted by molar-refractivity contribution is 4.91. The molecule has 3 aliphatic rings. The van der Waals surface area contributed by atoms with Crippen molar-refractivity contribution >= 4 is 0 Å². The molecule has 0 spiro atoms. The van der Waals surface area contributed by atoms with Gasteiger partial charge in [-0.2, -0.15) is 0 Å². The molecule has 2 aliphatic heterocycles. The van der Waals surface area contributed by atoms with Crippen LogP contribution in [0, 0.1) is 0 Å². The second kappa shape index (κ2) is 4.63. The van der Waals surface area contributed by atoms with E-state index in [2.05, 4.69) is 22.0 Å². The number of rotatable bonds is 4. The van der Waals surface area contributed by atoms with E-state index in [-0.39, 0.29) is 0 Å². The maximum Gasteiger partial charge on any atom is 0.0224 e. The van der Waals surface area contributed by atoms with E-state index in [9.17, 15) is 0 Å². The van der Waals surface area contributed by atoms with Crippen LogP contribution in [0.1, 0.15) is 32.6 Å². The van der Waals surface area contributed by atoms with Gasteiger partial charge < -0.3 is 5.32 Å². The quantitative estimate of drug-likeness (QED) is 0.764. The van der Waals surface area contributed by atoms with Gasteiger partial charge in [0, 0.05) is 44.3 Å². The van der Waals surface area contributed by atoms with Crippen LogP contribution in [-0.2, 0) is 0 Å². The summed E-state index contributed by atoms with van der Waals surface area (Å²) in [4.78, 5) is 5.40. The number of hydrogen-bond acceptors (Lipinski definition) is 3. The molecule has 2 heterocycles. The van der Waals surface area contributed by atoms with E-state index in [0.717, 1.165) is 18.1 Å². The smallest absolute Gasteiger partial charge is 0.0224 e. The molecule has 16 heavy (non-hydrogen) atoms. The number of nitrogens with zero attached hydrogens (tertiary/aromatic N) is 2. The Morgan fingerprint density at radius 3 is 2.88 bits per heavy atom. The zero-order valence-corrected chi connectivity index (χ0v) is 10.5. The Kier molecular flexibility index (Phi) is 3.18. The van der Waals surface area contributed by atoms with Crippen molar-refractivity contribution in [2.24, 2.45) is 0 Å². The number of fused-ring (bicyclic) bond motifs is 1. The molecule has 1 saturated carbocycles. The SMILES string of the molecule is CC1CN2CCCC2CN1CCNC1CC1. The molecule has 3 fully saturated rings. The fourth-order valence-electron chi connectivity index (χ4n) is 3.26. The number of nitrogens with one attached hydrogen (secondary N) is 1. The molecule has 1 N–H and O–H groups in total. The maximum absolute atomic E-state index is 3.63. The van der Waals surface area contributed by atoms with Gasteiger partial charge in [-0.3, -0.25) is 9.80 Å². The van der Waals surface area contributed by atoms with Gasteiger partial charge in [-0.1, -0.05) is 0 Å². The first-order chi connectivity index (χ1) is 7.83. The topological polar surface area (TPSA) is 18.5 Å². The lowest BCUT2D eigenvalue weighted by atomic mass is 10.1. The highest BCUT2D eigenvalue weighted by atomic mass is 15.3. The second-order valence-corrected chi connectivity index (χ2v) is 5.86. The van der Waals surface area contributed by atoms with Crippen LogP contribution in [0.5, 0.6) is 0 Å². The van der Waals surface area contributed by atoms with Crippen molar-refractivity contribution in [3.05, 3.63) is 0 Å². The first kappa shape index (κ1) is 11.0. The Bertz CT molecular complexity index is 239. The van der Waals surface area contributed by atoms with Gasteiger partial charge in [0.25, 0.3) is 0 Å².